The van der Waals surface area contributed by atoms with Crippen LogP contribution in [-0.2, 0) is 4.79 Å². The van der Waals surface area contributed by atoms with E-state index in [9.17, 15) is 4.79 Å². The van der Waals surface area contributed by atoms with Crippen molar-refractivity contribution in [3.8, 4) is 12.3 Å². The van der Waals surface area contributed by atoms with Gasteiger partial charge < -0.3 is 9.80 Å². The molecule has 0 N–H and O–H groups in total. The molecule has 2 heterocycles. The van der Waals surface area contributed by atoms with Crippen molar-refractivity contribution in [2.45, 2.75) is 25.9 Å². The molecule has 1 amide bonds. The Bertz CT molecular complexity index is 497. The summed E-state index contributed by atoms with van der Waals surface area (Å²) in [5.74, 6) is 2.69. The largest absolute Gasteiger partial charge is 0.339 e. The average Bonchev–Trinajstić information content (AvgIpc) is 2.75. The Morgan fingerprint density at radius 2 is 2.28 bits per heavy atom. The normalized spacial score (nSPS) is 23.9. The number of carbonyl (C=O) groups is 1. The van der Waals surface area contributed by atoms with Gasteiger partial charge in [0.1, 0.15) is 6.04 Å². The van der Waals surface area contributed by atoms with Crippen LogP contribution in [0.1, 0.15) is 13.8 Å². The highest BCUT2D eigenvalue weighted by Crippen LogP contribution is 2.28. The highest BCUT2D eigenvalue weighted by atomic mass is 79.9. The van der Waals surface area contributed by atoms with E-state index in [0.717, 1.165) is 9.05 Å². The molecule has 0 bridgehead atoms. The van der Waals surface area contributed by atoms with E-state index in [2.05, 4.69) is 43.9 Å². The number of anilines is 1. The van der Waals surface area contributed by atoms with Crippen LogP contribution in [0.5, 0.6) is 0 Å². The first-order valence-corrected chi connectivity index (χ1v) is 7.13. The monoisotopic (exact) mass is 328 g/mol. The van der Waals surface area contributed by atoms with E-state index in [1.807, 2.05) is 0 Å². The number of halogens is 1. The second-order valence-corrected chi connectivity index (χ2v) is 6.42. The Labute approximate surface area is 118 Å². The lowest BCUT2D eigenvalue weighted by atomic mass is 10.1. The lowest BCUT2D eigenvalue weighted by molar-refractivity contribution is -0.130. The van der Waals surface area contributed by atoms with E-state index < -0.39 is 0 Å². The first kappa shape index (κ1) is 13.3. The summed E-state index contributed by atoms with van der Waals surface area (Å²) in [5, 5.41) is 8.88. The number of rotatable bonds is 1. The standard InChI is InChI=1S/C11H13BrN4OS/c1-4-9-6-15(11-14-13-10(12)18-11)7(2)5-16(9)8(3)17/h1,7,9H,5-6H2,2-3H3/t7-,9-/m1/s1. The number of amides is 1. The third-order valence-electron chi connectivity index (χ3n) is 2.97. The Hall–Kier alpha value is -1.13. The molecule has 1 aliphatic rings. The van der Waals surface area contributed by atoms with Crippen molar-refractivity contribution in [1.29, 1.82) is 0 Å². The Morgan fingerprint density at radius 1 is 1.56 bits per heavy atom. The highest BCUT2D eigenvalue weighted by molar-refractivity contribution is 9.11. The first-order valence-electron chi connectivity index (χ1n) is 5.52. The maximum atomic E-state index is 11.5. The topological polar surface area (TPSA) is 49.3 Å². The van der Waals surface area contributed by atoms with Gasteiger partial charge in [-0.1, -0.05) is 17.3 Å². The minimum atomic E-state index is -0.207. The van der Waals surface area contributed by atoms with Crippen molar-refractivity contribution in [3.63, 3.8) is 0 Å². The molecule has 0 spiro atoms. The molecule has 0 radical (unpaired) electrons. The zero-order chi connectivity index (χ0) is 13.3. The number of hydrogen-bond donors (Lipinski definition) is 0. The second kappa shape index (κ2) is 5.24. The maximum Gasteiger partial charge on any atom is 0.220 e. The molecule has 0 aromatic carbocycles. The van der Waals surface area contributed by atoms with Crippen LogP contribution in [-0.4, -0.2) is 46.2 Å². The number of terminal acetylenes is 1. The molecule has 7 heteroatoms. The van der Waals surface area contributed by atoms with Gasteiger partial charge in [-0.3, -0.25) is 4.79 Å². The molecule has 18 heavy (non-hydrogen) atoms. The van der Waals surface area contributed by atoms with Crippen LogP contribution in [0.3, 0.4) is 0 Å². The van der Waals surface area contributed by atoms with Gasteiger partial charge in [-0.15, -0.1) is 16.6 Å². The molecule has 1 aromatic rings. The minimum Gasteiger partial charge on any atom is -0.339 e. The SMILES string of the molecule is C#C[C@@H]1CN(c2nnc(Br)s2)[C@H](C)CN1C(C)=O. The lowest BCUT2D eigenvalue weighted by Gasteiger charge is -2.42. The van der Waals surface area contributed by atoms with Crippen LogP contribution in [0, 0.1) is 12.3 Å². The molecular weight excluding hydrogens is 316 g/mol. The van der Waals surface area contributed by atoms with Crippen LogP contribution in [0.2, 0.25) is 0 Å². The Morgan fingerprint density at radius 3 is 2.78 bits per heavy atom. The fourth-order valence-electron chi connectivity index (χ4n) is 2.05. The number of nitrogens with zero attached hydrogens (tertiary/aromatic N) is 4. The van der Waals surface area contributed by atoms with Gasteiger partial charge >= 0.3 is 0 Å². The fraction of sp³-hybridized carbons (Fsp3) is 0.545. The average molecular weight is 329 g/mol. The zero-order valence-corrected chi connectivity index (χ0v) is 12.5. The van der Waals surface area contributed by atoms with Gasteiger partial charge in [-0.25, -0.2) is 0 Å². The summed E-state index contributed by atoms with van der Waals surface area (Å²) in [6.07, 6.45) is 5.51. The van der Waals surface area contributed by atoms with Crippen LogP contribution in [0.15, 0.2) is 3.92 Å². The number of aromatic nitrogens is 2. The summed E-state index contributed by atoms with van der Waals surface area (Å²) in [6, 6.07) is -0.0280. The van der Waals surface area contributed by atoms with Crippen molar-refractivity contribution in [1.82, 2.24) is 15.1 Å². The quantitative estimate of drug-likeness (QED) is 0.730. The van der Waals surface area contributed by atoms with Gasteiger partial charge in [0.05, 0.1) is 6.54 Å². The predicted octanol–water partition coefficient (Wildman–Crippen LogP) is 1.36. The van der Waals surface area contributed by atoms with E-state index in [1.54, 1.807) is 11.8 Å². The number of hydrogen-bond acceptors (Lipinski definition) is 5. The molecule has 0 saturated carbocycles. The smallest absolute Gasteiger partial charge is 0.220 e. The number of piperazine rings is 1. The van der Waals surface area contributed by atoms with Gasteiger partial charge in [0.15, 0.2) is 3.92 Å². The first-order chi connectivity index (χ1) is 8.52. The van der Waals surface area contributed by atoms with Gasteiger partial charge in [0.2, 0.25) is 11.0 Å². The summed E-state index contributed by atoms with van der Waals surface area (Å²) in [6.45, 7) is 4.81. The minimum absolute atomic E-state index is 0.0166. The molecule has 0 aliphatic carbocycles. The molecule has 5 nitrogen and oxygen atoms in total. The molecular formula is C11H13BrN4OS. The third kappa shape index (κ3) is 2.49. The van der Waals surface area contributed by atoms with Crippen LogP contribution in [0.4, 0.5) is 5.13 Å². The van der Waals surface area contributed by atoms with Crippen molar-refractivity contribution in [3.05, 3.63) is 3.92 Å². The predicted molar refractivity (Wildman–Crippen MR) is 74.4 cm³/mol. The van der Waals surface area contributed by atoms with E-state index in [0.29, 0.717) is 13.1 Å². The van der Waals surface area contributed by atoms with Crippen LogP contribution >= 0.6 is 27.3 Å². The molecule has 1 aromatic heterocycles. The van der Waals surface area contributed by atoms with Gasteiger partial charge in [-0.05, 0) is 22.9 Å². The molecule has 2 rings (SSSR count). The van der Waals surface area contributed by atoms with Crippen molar-refractivity contribution in [2.24, 2.45) is 0 Å². The van der Waals surface area contributed by atoms with Crippen LogP contribution in [0.25, 0.3) is 0 Å². The summed E-state index contributed by atoms with van der Waals surface area (Å²) < 4.78 is 0.746. The number of carbonyl (C=O) groups excluding carboxylic acids is 1. The van der Waals surface area contributed by atoms with E-state index in [1.165, 1.54) is 11.3 Å². The molecule has 1 aliphatic heterocycles. The Kier molecular flexibility index (Phi) is 3.88. The van der Waals surface area contributed by atoms with Crippen molar-refractivity contribution < 1.29 is 4.79 Å². The summed E-state index contributed by atoms with van der Waals surface area (Å²) >= 11 is 4.77. The highest BCUT2D eigenvalue weighted by Gasteiger charge is 2.33. The molecule has 1 saturated heterocycles. The summed E-state index contributed by atoms with van der Waals surface area (Å²) in [5.41, 5.74) is 0. The van der Waals surface area contributed by atoms with Gasteiger partial charge in [0, 0.05) is 19.5 Å². The Balaban J connectivity index is 2.21. The molecule has 1 fully saturated rings. The molecule has 96 valence electrons. The zero-order valence-electron chi connectivity index (χ0n) is 10.1. The lowest BCUT2D eigenvalue weighted by Crippen LogP contribution is -2.58. The summed E-state index contributed by atoms with van der Waals surface area (Å²) in [7, 11) is 0. The van der Waals surface area contributed by atoms with Gasteiger partial charge in [-0.2, -0.15) is 0 Å². The van der Waals surface area contributed by atoms with E-state index >= 15 is 0 Å². The van der Waals surface area contributed by atoms with E-state index in [-0.39, 0.29) is 18.0 Å². The third-order valence-corrected chi connectivity index (χ3v) is 4.36. The van der Waals surface area contributed by atoms with Crippen molar-refractivity contribution in [2.75, 3.05) is 18.0 Å². The second-order valence-electron chi connectivity index (χ2n) is 4.19. The summed E-state index contributed by atoms with van der Waals surface area (Å²) in [4.78, 5) is 15.4. The molecule has 2 atom stereocenters. The van der Waals surface area contributed by atoms with E-state index in [4.69, 9.17) is 6.42 Å². The van der Waals surface area contributed by atoms with Crippen LogP contribution < -0.4 is 4.90 Å². The maximum absolute atomic E-state index is 11.5. The molecule has 0 unspecified atom stereocenters. The fourth-order valence-corrected chi connectivity index (χ4v) is 3.25. The van der Waals surface area contributed by atoms with Crippen molar-refractivity contribution >= 4 is 38.3 Å². The van der Waals surface area contributed by atoms with Gasteiger partial charge in [0.25, 0.3) is 0 Å².